The Bertz CT molecular complexity index is 3050. The van der Waals surface area contributed by atoms with Crippen LogP contribution in [0.3, 0.4) is 0 Å². The lowest BCUT2D eigenvalue weighted by molar-refractivity contribution is -0.384. The summed E-state index contributed by atoms with van der Waals surface area (Å²) in [5, 5.41) is 14.6. The standard InChI is InChI=1S/C51H49N5O12S/c1-54(2)43-14-8-13-42-41(43)12-9-15-46(42)69(61,62)66-33-45-44(68-51(35-10-6-5-7-11-35,36-18-24-39(63-3)25-19-36)37-20-26-40(64-4)27-21-37)32-48(67-45)55-30-28-47(52-49(55)57)53-50(58)65-31-29-34-16-22-38(23-17-34)56(59)60/h5-28,30,44-45,48H,29,31-33H2,1-4H3,(H,52,53,57,58)/t44-,45+,48+/m0/s1. The van der Waals surface area contributed by atoms with Crippen molar-refractivity contribution in [2.75, 3.05) is 51.7 Å². The highest BCUT2D eigenvalue weighted by Gasteiger charge is 2.47. The minimum atomic E-state index is -4.43. The van der Waals surface area contributed by atoms with Crippen molar-refractivity contribution in [3.05, 3.63) is 195 Å². The zero-order chi connectivity index (χ0) is 48.7. The van der Waals surface area contributed by atoms with Crippen LogP contribution >= 0.6 is 0 Å². The second kappa shape index (κ2) is 20.7. The molecule has 69 heavy (non-hydrogen) atoms. The first-order valence-electron chi connectivity index (χ1n) is 21.8. The van der Waals surface area contributed by atoms with E-state index in [-0.39, 0.29) is 35.8 Å². The second-order valence-electron chi connectivity index (χ2n) is 16.2. The van der Waals surface area contributed by atoms with Crippen LogP contribution in [0.15, 0.2) is 161 Å². The van der Waals surface area contributed by atoms with Crippen molar-refractivity contribution in [2.45, 2.75) is 41.8 Å². The van der Waals surface area contributed by atoms with E-state index in [0.717, 1.165) is 22.2 Å². The highest BCUT2D eigenvalue weighted by molar-refractivity contribution is 7.87. The van der Waals surface area contributed by atoms with E-state index >= 15 is 0 Å². The number of benzene rings is 6. The van der Waals surface area contributed by atoms with Gasteiger partial charge in [0.05, 0.1) is 38.5 Å². The number of rotatable bonds is 18. The topological polar surface area (TPSA) is 200 Å². The van der Waals surface area contributed by atoms with Crippen LogP contribution in [0.5, 0.6) is 11.5 Å². The smallest absolute Gasteiger partial charge is 0.412 e. The van der Waals surface area contributed by atoms with Crippen LogP contribution in [-0.2, 0) is 40.5 Å². The van der Waals surface area contributed by atoms with Crippen LogP contribution in [0.4, 0.5) is 22.0 Å². The van der Waals surface area contributed by atoms with Crippen LogP contribution in [0.2, 0.25) is 0 Å². The summed E-state index contributed by atoms with van der Waals surface area (Å²) in [5.74, 6) is 1.13. The molecule has 8 rings (SSSR count). The molecular weight excluding hydrogens is 907 g/mol. The Kier molecular flexibility index (Phi) is 14.4. The van der Waals surface area contributed by atoms with Gasteiger partial charge in [-0.1, -0.05) is 91.0 Å². The molecule has 1 fully saturated rings. The number of hydrogen-bond donors (Lipinski definition) is 1. The molecule has 0 radical (unpaired) electrons. The molecule has 3 atom stereocenters. The van der Waals surface area contributed by atoms with Crippen molar-refractivity contribution in [2.24, 2.45) is 0 Å². The number of carbonyl (C=O) groups is 1. The summed E-state index contributed by atoms with van der Waals surface area (Å²) >= 11 is 0. The fraction of sp³-hybridized carbons (Fsp3) is 0.235. The molecule has 1 amide bonds. The van der Waals surface area contributed by atoms with Gasteiger partial charge in [0.15, 0.2) is 0 Å². The molecular formula is C51H49N5O12S. The molecule has 356 valence electrons. The maximum Gasteiger partial charge on any atom is 0.412 e. The van der Waals surface area contributed by atoms with E-state index in [9.17, 15) is 28.1 Å². The number of aromatic nitrogens is 2. The van der Waals surface area contributed by atoms with Crippen LogP contribution in [0.1, 0.15) is 34.9 Å². The number of nitro groups is 1. The Morgan fingerprint density at radius 1 is 0.826 bits per heavy atom. The maximum atomic E-state index is 14.3. The highest BCUT2D eigenvalue weighted by atomic mass is 32.2. The first-order valence-corrected chi connectivity index (χ1v) is 23.2. The molecule has 0 unspecified atom stereocenters. The van der Waals surface area contributed by atoms with Crippen LogP contribution in [0.25, 0.3) is 10.8 Å². The molecule has 1 aliphatic heterocycles. The lowest BCUT2D eigenvalue weighted by Gasteiger charge is -2.39. The SMILES string of the molecule is COc1ccc(C(O[C@H]2C[C@H](n3ccc(NC(=O)OCCc4ccc([N+](=O)[O-])cc4)nc3=O)O[C@@H]2COS(=O)(=O)c2cccc3c(N(C)C)cccc23)(c2ccccc2)c2ccc(OC)cc2)cc1. The van der Waals surface area contributed by atoms with Gasteiger partial charge in [-0.25, -0.2) is 9.59 Å². The number of amides is 1. The molecule has 18 heteroatoms. The number of nitro benzene ring substituents is 1. The third-order valence-corrected chi connectivity index (χ3v) is 13.2. The summed E-state index contributed by atoms with van der Waals surface area (Å²) in [6.07, 6.45) is -2.24. The molecule has 2 heterocycles. The van der Waals surface area contributed by atoms with E-state index in [0.29, 0.717) is 28.0 Å². The van der Waals surface area contributed by atoms with Crippen molar-refractivity contribution in [3.8, 4) is 11.5 Å². The van der Waals surface area contributed by atoms with E-state index in [4.69, 9.17) is 27.9 Å². The fourth-order valence-corrected chi connectivity index (χ4v) is 9.51. The number of ether oxygens (including phenoxy) is 5. The van der Waals surface area contributed by atoms with Gasteiger partial charge in [-0.2, -0.15) is 13.4 Å². The van der Waals surface area contributed by atoms with Gasteiger partial charge in [0.1, 0.15) is 40.1 Å². The Hall–Kier alpha value is -7.64. The average Bonchev–Trinajstić information content (AvgIpc) is 3.76. The van der Waals surface area contributed by atoms with Gasteiger partial charge in [0.25, 0.3) is 15.8 Å². The van der Waals surface area contributed by atoms with E-state index in [1.165, 1.54) is 35.0 Å². The van der Waals surface area contributed by atoms with E-state index in [1.54, 1.807) is 44.6 Å². The summed E-state index contributed by atoms with van der Waals surface area (Å²) in [7, 11) is 2.47. The van der Waals surface area contributed by atoms with Crippen molar-refractivity contribution < 1.29 is 46.0 Å². The minimum Gasteiger partial charge on any atom is -0.497 e. The molecule has 7 aromatic rings. The minimum absolute atomic E-state index is 0.0223. The Morgan fingerprint density at radius 2 is 1.45 bits per heavy atom. The molecule has 0 bridgehead atoms. The van der Waals surface area contributed by atoms with Crippen LogP contribution in [0, 0.1) is 10.1 Å². The summed E-state index contributed by atoms with van der Waals surface area (Å²) < 4.78 is 66.0. The number of nitrogens with one attached hydrogen (secondary N) is 1. The molecule has 1 aromatic heterocycles. The molecule has 17 nitrogen and oxygen atoms in total. The zero-order valence-corrected chi connectivity index (χ0v) is 38.9. The quantitative estimate of drug-likeness (QED) is 0.0373. The number of hydrogen-bond acceptors (Lipinski definition) is 14. The zero-order valence-electron chi connectivity index (χ0n) is 38.1. The second-order valence-corrected chi connectivity index (χ2v) is 17.8. The molecule has 0 saturated carbocycles. The third-order valence-electron chi connectivity index (χ3n) is 11.8. The Labute approximate surface area is 398 Å². The summed E-state index contributed by atoms with van der Waals surface area (Å²) in [4.78, 5) is 43.0. The molecule has 1 N–H and O–H groups in total. The first-order chi connectivity index (χ1) is 33.3. The number of nitrogens with zero attached hydrogens (tertiary/aromatic N) is 4. The first kappa shape index (κ1) is 47.8. The lowest BCUT2D eigenvalue weighted by atomic mass is 9.79. The summed E-state index contributed by atoms with van der Waals surface area (Å²) in [6.45, 7) is -0.552. The molecule has 6 aromatic carbocycles. The van der Waals surface area contributed by atoms with E-state index in [2.05, 4.69) is 10.3 Å². The fourth-order valence-electron chi connectivity index (χ4n) is 8.38. The largest absolute Gasteiger partial charge is 0.497 e. The summed E-state index contributed by atoms with van der Waals surface area (Å²) in [5.41, 5.74) is 1.48. The number of non-ortho nitro benzene ring substituents is 1. The van der Waals surface area contributed by atoms with Gasteiger partial charge in [-0.3, -0.25) is 24.2 Å². The number of methoxy groups -OCH3 is 2. The van der Waals surface area contributed by atoms with Gasteiger partial charge >= 0.3 is 11.8 Å². The lowest BCUT2D eigenvalue weighted by Crippen LogP contribution is -2.41. The molecule has 1 saturated heterocycles. The van der Waals surface area contributed by atoms with E-state index in [1.807, 2.05) is 110 Å². The van der Waals surface area contributed by atoms with Crippen molar-refractivity contribution >= 4 is 44.2 Å². The average molecular weight is 956 g/mol. The van der Waals surface area contributed by atoms with Gasteiger partial charge < -0.3 is 28.6 Å². The van der Waals surface area contributed by atoms with Crippen LogP contribution < -0.4 is 25.4 Å². The van der Waals surface area contributed by atoms with Gasteiger partial charge in [-0.15, -0.1) is 0 Å². The normalized spacial score (nSPS) is 15.9. The van der Waals surface area contributed by atoms with Gasteiger partial charge in [0.2, 0.25) is 0 Å². The molecule has 1 aliphatic rings. The summed E-state index contributed by atoms with van der Waals surface area (Å²) in [6, 6.07) is 42.1. The monoisotopic (exact) mass is 955 g/mol. The number of carbonyl (C=O) groups excluding carboxylic acids is 1. The van der Waals surface area contributed by atoms with Crippen LogP contribution in [-0.4, -0.2) is 82.7 Å². The third kappa shape index (κ3) is 10.4. The van der Waals surface area contributed by atoms with Gasteiger partial charge in [0, 0.05) is 61.7 Å². The maximum absolute atomic E-state index is 14.3. The van der Waals surface area contributed by atoms with E-state index < -0.39 is 57.5 Å². The number of fused-ring (bicyclic) bond motifs is 1. The number of anilines is 2. The Morgan fingerprint density at radius 3 is 2.06 bits per heavy atom. The van der Waals surface area contributed by atoms with Gasteiger partial charge in [-0.05, 0) is 64.7 Å². The predicted octanol–water partition coefficient (Wildman–Crippen LogP) is 8.25. The molecule has 0 aliphatic carbocycles. The van der Waals surface area contributed by atoms with Crippen molar-refractivity contribution in [3.63, 3.8) is 0 Å². The molecule has 0 spiro atoms. The van der Waals surface area contributed by atoms with Crippen molar-refractivity contribution in [1.82, 2.24) is 9.55 Å². The highest BCUT2D eigenvalue weighted by Crippen LogP contribution is 2.46. The Balaban J connectivity index is 1.12. The van der Waals surface area contributed by atoms with Crippen molar-refractivity contribution in [1.29, 1.82) is 0 Å². The predicted molar refractivity (Wildman–Crippen MR) is 257 cm³/mol.